The smallest absolute Gasteiger partial charge is 0.274 e. The molecule has 1 fully saturated rings. The second-order valence-corrected chi connectivity index (χ2v) is 8.58. The maximum atomic E-state index is 12.8. The van der Waals surface area contributed by atoms with Crippen molar-refractivity contribution in [2.45, 2.75) is 46.1 Å². The fraction of sp³-hybridized carbons (Fsp3) is 0.476. The van der Waals surface area contributed by atoms with Crippen LogP contribution in [0.1, 0.15) is 45.6 Å². The average molecular weight is 385 g/mol. The highest BCUT2D eigenvalue weighted by atomic mass is 35.5. The molecule has 0 radical (unpaired) electrons. The fourth-order valence-corrected chi connectivity index (χ4v) is 4.06. The Morgan fingerprint density at radius 2 is 1.89 bits per heavy atom. The normalized spacial score (nSPS) is 17.6. The van der Waals surface area contributed by atoms with Crippen molar-refractivity contribution in [3.8, 4) is 17.3 Å². The molecule has 0 spiro atoms. The van der Waals surface area contributed by atoms with Gasteiger partial charge in [0.2, 0.25) is 5.95 Å². The Morgan fingerprint density at radius 1 is 1.22 bits per heavy atom. The van der Waals surface area contributed by atoms with Gasteiger partial charge in [-0.05, 0) is 36.8 Å². The van der Waals surface area contributed by atoms with Crippen molar-refractivity contribution < 1.29 is 0 Å². The lowest BCUT2D eigenvalue weighted by Crippen LogP contribution is -2.49. The van der Waals surface area contributed by atoms with Crippen molar-refractivity contribution in [3.63, 3.8) is 0 Å². The van der Waals surface area contributed by atoms with E-state index >= 15 is 0 Å². The van der Waals surface area contributed by atoms with Gasteiger partial charge in [-0.1, -0.05) is 44.5 Å². The number of hydrogen-bond acceptors (Lipinski definition) is 4. The van der Waals surface area contributed by atoms with Crippen LogP contribution < -0.4 is 10.5 Å². The van der Waals surface area contributed by atoms with E-state index in [0.29, 0.717) is 23.2 Å². The standard InChI is InChI=1S/C21H25ClN4O/c1-21(2,3)16-7-5-6-12-26(16)20-24-18(17(22)19(27)25(20)4)15-10-8-14(13-23)9-11-15/h8-11,16H,5-7,12H2,1-4H3. The third-order valence-electron chi connectivity index (χ3n) is 5.26. The predicted octanol–water partition coefficient (Wildman–Crippen LogP) is 4.38. The summed E-state index contributed by atoms with van der Waals surface area (Å²) in [4.78, 5) is 19.9. The van der Waals surface area contributed by atoms with Gasteiger partial charge in [-0.15, -0.1) is 0 Å². The van der Waals surface area contributed by atoms with E-state index in [1.54, 1.807) is 35.9 Å². The van der Waals surface area contributed by atoms with Gasteiger partial charge >= 0.3 is 0 Å². The molecule has 0 aliphatic carbocycles. The van der Waals surface area contributed by atoms with E-state index in [2.05, 4.69) is 31.7 Å². The summed E-state index contributed by atoms with van der Waals surface area (Å²) in [5, 5.41) is 9.11. The topological polar surface area (TPSA) is 61.9 Å². The lowest BCUT2D eigenvalue weighted by molar-refractivity contribution is 0.257. The number of nitriles is 1. The highest BCUT2D eigenvalue weighted by Crippen LogP contribution is 2.35. The summed E-state index contributed by atoms with van der Waals surface area (Å²) in [6.07, 6.45) is 3.34. The molecule has 0 amide bonds. The molecule has 1 aromatic heterocycles. The summed E-state index contributed by atoms with van der Waals surface area (Å²) in [6.45, 7) is 7.55. The van der Waals surface area contributed by atoms with Crippen molar-refractivity contribution >= 4 is 17.5 Å². The van der Waals surface area contributed by atoms with Gasteiger partial charge in [-0.3, -0.25) is 9.36 Å². The Hall–Kier alpha value is -2.32. The lowest BCUT2D eigenvalue weighted by Gasteiger charge is -2.44. The van der Waals surface area contributed by atoms with E-state index in [4.69, 9.17) is 21.8 Å². The minimum Gasteiger partial charge on any atom is -0.339 e. The van der Waals surface area contributed by atoms with Gasteiger partial charge in [0.15, 0.2) is 0 Å². The molecular weight excluding hydrogens is 360 g/mol. The number of halogens is 1. The van der Waals surface area contributed by atoms with E-state index in [9.17, 15) is 4.79 Å². The van der Waals surface area contributed by atoms with Gasteiger partial charge in [0.25, 0.3) is 5.56 Å². The van der Waals surface area contributed by atoms with Crippen molar-refractivity contribution in [1.29, 1.82) is 5.26 Å². The first-order valence-corrected chi connectivity index (χ1v) is 9.65. The zero-order chi connectivity index (χ0) is 19.8. The summed E-state index contributed by atoms with van der Waals surface area (Å²) >= 11 is 6.36. The van der Waals surface area contributed by atoms with Crippen LogP contribution in [0.3, 0.4) is 0 Å². The summed E-state index contributed by atoms with van der Waals surface area (Å²) in [5.41, 5.74) is 1.59. The molecule has 1 aromatic carbocycles. The zero-order valence-corrected chi connectivity index (χ0v) is 17.0. The second kappa shape index (κ2) is 7.36. The molecule has 0 bridgehead atoms. The quantitative estimate of drug-likeness (QED) is 0.770. The fourth-order valence-electron chi connectivity index (χ4n) is 3.79. The molecule has 3 rings (SSSR count). The Morgan fingerprint density at radius 3 is 2.48 bits per heavy atom. The average Bonchev–Trinajstić information content (AvgIpc) is 2.66. The third-order valence-corrected chi connectivity index (χ3v) is 5.60. The number of benzene rings is 1. The van der Waals surface area contributed by atoms with Crippen LogP contribution in [0.4, 0.5) is 5.95 Å². The van der Waals surface area contributed by atoms with Crippen LogP contribution in [0.2, 0.25) is 5.02 Å². The molecule has 142 valence electrons. The van der Waals surface area contributed by atoms with Crippen molar-refractivity contribution in [2.75, 3.05) is 11.4 Å². The highest BCUT2D eigenvalue weighted by molar-refractivity contribution is 6.32. The van der Waals surface area contributed by atoms with Crippen molar-refractivity contribution in [1.82, 2.24) is 9.55 Å². The van der Waals surface area contributed by atoms with E-state index in [1.165, 1.54) is 6.42 Å². The summed E-state index contributed by atoms with van der Waals surface area (Å²) in [7, 11) is 1.73. The molecule has 27 heavy (non-hydrogen) atoms. The monoisotopic (exact) mass is 384 g/mol. The first-order chi connectivity index (χ1) is 12.7. The van der Waals surface area contributed by atoms with Crippen molar-refractivity contribution in [2.24, 2.45) is 12.5 Å². The summed E-state index contributed by atoms with van der Waals surface area (Å²) in [6, 6.07) is 9.40. The van der Waals surface area contributed by atoms with Crippen LogP contribution >= 0.6 is 11.6 Å². The maximum Gasteiger partial charge on any atom is 0.274 e. The molecule has 6 heteroatoms. The number of rotatable bonds is 2. The Bertz CT molecular complexity index is 935. The van der Waals surface area contributed by atoms with Gasteiger partial charge in [-0.25, -0.2) is 4.98 Å². The molecular formula is C21H25ClN4O. The van der Waals surface area contributed by atoms with Crippen molar-refractivity contribution in [3.05, 3.63) is 45.2 Å². The number of hydrogen-bond donors (Lipinski definition) is 0. The van der Waals surface area contributed by atoms with Gasteiger partial charge in [0, 0.05) is 25.2 Å². The van der Waals surface area contributed by atoms with E-state index in [1.807, 2.05) is 0 Å². The lowest BCUT2D eigenvalue weighted by atomic mass is 9.81. The molecule has 2 heterocycles. The summed E-state index contributed by atoms with van der Waals surface area (Å²) < 4.78 is 1.56. The van der Waals surface area contributed by atoms with E-state index in [0.717, 1.165) is 24.9 Å². The molecule has 1 unspecified atom stereocenters. The molecule has 2 aromatic rings. The van der Waals surface area contributed by atoms with Crippen LogP contribution in [-0.2, 0) is 7.05 Å². The van der Waals surface area contributed by atoms with Crippen LogP contribution in [0.5, 0.6) is 0 Å². The number of piperidine rings is 1. The van der Waals surface area contributed by atoms with Gasteiger partial charge in [0.1, 0.15) is 5.02 Å². The predicted molar refractivity (Wildman–Crippen MR) is 109 cm³/mol. The number of aromatic nitrogens is 2. The second-order valence-electron chi connectivity index (χ2n) is 8.20. The van der Waals surface area contributed by atoms with Gasteiger partial charge in [0.05, 0.1) is 17.3 Å². The van der Waals surface area contributed by atoms with Crippen LogP contribution in [-0.4, -0.2) is 22.1 Å². The number of anilines is 1. The maximum absolute atomic E-state index is 12.8. The minimum atomic E-state index is -0.251. The SMILES string of the molecule is Cn1c(N2CCCCC2C(C)(C)C)nc(-c2ccc(C#N)cc2)c(Cl)c1=O. The third kappa shape index (κ3) is 3.72. The molecule has 0 N–H and O–H groups in total. The molecule has 1 atom stereocenters. The van der Waals surface area contributed by atoms with E-state index in [-0.39, 0.29) is 16.0 Å². The molecule has 1 aliphatic heterocycles. The Labute approximate surface area is 165 Å². The summed E-state index contributed by atoms with van der Waals surface area (Å²) in [5.74, 6) is 0.656. The highest BCUT2D eigenvalue weighted by Gasteiger charge is 2.34. The molecule has 0 saturated carbocycles. The number of nitrogens with zero attached hydrogens (tertiary/aromatic N) is 4. The molecule has 5 nitrogen and oxygen atoms in total. The first-order valence-electron chi connectivity index (χ1n) is 9.27. The minimum absolute atomic E-state index is 0.0758. The van der Waals surface area contributed by atoms with Crippen LogP contribution in [0.25, 0.3) is 11.3 Å². The van der Waals surface area contributed by atoms with E-state index < -0.39 is 0 Å². The Kier molecular flexibility index (Phi) is 5.30. The zero-order valence-electron chi connectivity index (χ0n) is 16.3. The van der Waals surface area contributed by atoms with Crippen LogP contribution in [0, 0.1) is 16.7 Å². The molecule has 1 aliphatic rings. The largest absolute Gasteiger partial charge is 0.339 e. The first kappa shape index (κ1) is 19.4. The Balaban J connectivity index is 2.14. The van der Waals surface area contributed by atoms with Crippen LogP contribution in [0.15, 0.2) is 29.1 Å². The molecule has 1 saturated heterocycles. The van der Waals surface area contributed by atoms with Gasteiger partial charge in [-0.2, -0.15) is 5.26 Å². The van der Waals surface area contributed by atoms with Gasteiger partial charge < -0.3 is 4.90 Å².